The molecule has 0 bridgehead atoms. The fourth-order valence-electron chi connectivity index (χ4n) is 1.04. The minimum Gasteiger partial charge on any atom is -0.370 e. The molecule has 0 unspecified atom stereocenters. The Morgan fingerprint density at radius 3 is 2.86 bits per heavy atom. The predicted octanol–water partition coefficient (Wildman–Crippen LogP) is 1.53. The van der Waals surface area contributed by atoms with Crippen LogP contribution < -0.4 is 11.1 Å². The molecule has 0 aliphatic carbocycles. The number of pyridine rings is 1. The van der Waals surface area contributed by atoms with Crippen LogP contribution in [-0.4, -0.2) is 17.0 Å². The maximum Gasteiger partial charge on any atom is 0.193 e. The van der Waals surface area contributed by atoms with E-state index < -0.39 is 0 Å². The lowest BCUT2D eigenvalue weighted by atomic mass is 10.2. The number of aryl methyl sites for hydroxylation is 1. The van der Waals surface area contributed by atoms with Crippen molar-refractivity contribution in [1.82, 2.24) is 4.98 Å². The van der Waals surface area contributed by atoms with E-state index in [-0.39, 0.29) is 6.04 Å². The number of aliphatic imine (C=N–C) groups is 1. The maximum atomic E-state index is 5.69. The highest BCUT2D eigenvalue weighted by atomic mass is 15.1. The van der Waals surface area contributed by atoms with E-state index in [0.29, 0.717) is 5.96 Å². The van der Waals surface area contributed by atoms with Gasteiger partial charge in [-0.2, -0.15) is 0 Å². The van der Waals surface area contributed by atoms with E-state index in [0.717, 1.165) is 11.3 Å². The summed E-state index contributed by atoms with van der Waals surface area (Å²) in [7, 11) is 0. The molecule has 1 aromatic heterocycles. The average molecular weight is 192 g/mol. The van der Waals surface area contributed by atoms with E-state index >= 15 is 0 Å². The Kier molecular flexibility index (Phi) is 3.45. The first-order valence-corrected chi connectivity index (χ1v) is 4.60. The molecule has 0 fully saturated rings. The van der Waals surface area contributed by atoms with Gasteiger partial charge in [-0.05, 0) is 32.4 Å². The van der Waals surface area contributed by atoms with Crippen LogP contribution in [0.3, 0.4) is 0 Å². The Hall–Kier alpha value is -1.58. The molecule has 0 saturated heterocycles. The molecule has 76 valence electrons. The summed E-state index contributed by atoms with van der Waals surface area (Å²) in [5, 5.41) is 3.01. The van der Waals surface area contributed by atoms with Crippen molar-refractivity contribution in [2.75, 3.05) is 5.32 Å². The minimum atomic E-state index is 0.194. The molecule has 1 heterocycles. The van der Waals surface area contributed by atoms with Crippen molar-refractivity contribution >= 4 is 11.6 Å². The first kappa shape index (κ1) is 10.5. The van der Waals surface area contributed by atoms with Crippen LogP contribution in [-0.2, 0) is 0 Å². The van der Waals surface area contributed by atoms with Crippen LogP contribution in [0.4, 0.5) is 5.69 Å². The summed E-state index contributed by atoms with van der Waals surface area (Å²) < 4.78 is 0. The van der Waals surface area contributed by atoms with Gasteiger partial charge in [0.25, 0.3) is 0 Å². The monoisotopic (exact) mass is 192 g/mol. The second-order valence-corrected chi connectivity index (χ2v) is 3.42. The van der Waals surface area contributed by atoms with E-state index in [1.807, 2.05) is 26.8 Å². The van der Waals surface area contributed by atoms with E-state index in [4.69, 9.17) is 5.73 Å². The molecule has 0 spiro atoms. The van der Waals surface area contributed by atoms with Crippen LogP contribution in [0.2, 0.25) is 0 Å². The summed E-state index contributed by atoms with van der Waals surface area (Å²) in [6.45, 7) is 5.95. The van der Waals surface area contributed by atoms with Gasteiger partial charge in [0.15, 0.2) is 5.96 Å². The lowest BCUT2D eigenvalue weighted by molar-refractivity contribution is 0.833. The van der Waals surface area contributed by atoms with Gasteiger partial charge in [0.2, 0.25) is 0 Å². The van der Waals surface area contributed by atoms with Crippen molar-refractivity contribution in [3.8, 4) is 0 Å². The van der Waals surface area contributed by atoms with Gasteiger partial charge in [0.05, 0.1) is 11.9 Å². The number of hydrogen-bond acceptors (Lipinski definition) is 2. The molecular weight excluding hydrogens is 176 g/mol. The highest BCUT2D eigenvalue weighted by molar-refractivity contribution is 5.92. The first-order chi connectivity index (χ1) is 6.59. The number of guanidine groups is 1. The highest BCUT2D eigenvalue weighted by Crippen LogP contribution is 2.10. The van der Waals surface area contributed by atoms with E-state index in [1.165, 1.54) is 0 Å². The zero-order valence-corrected chi connectivity index (χ0v) is 8.78. The number of nitrogens with zero attached hydrogens (tertiary/aromatic N) is 2. The quantitative estimate of drug-likeness (QED) is 0.551. The summed E-state index contributed by atoms with van der Waals surface area (Å²) in [6.07, 6.45) is 3.48. The Balaban J connectivity index is 2.74. The maximum absolute atomic E-state index is 5.69. The van der Waals surface area contributed by atoms with E-state index in [9.17, 15) is 0 Å². The van der Waals surface area contributed by atoms with Crippen LogP contribution in [0, 0.1) is 6.92 Å². The Labute approximate surface area is 84.3 Å². The molecule has 1 aromatic rings. The van der Waals surface area contributed by atoms with Gasteiger partial charge in [0.1, 0.15) is 0 Å². The molecule has 0 aromatic carbocycles. The minimum absolute atomic E-state index is 0.194. The fraction of sp³-hybridized carbons (Fsp3) is 0.400. The van der Waals surface area contributed by atoms with Gasteiger partial charge in [-0.25, -0.2) is 0 Å². The number of nitrogens with two attached hydrogens (primary N) is 1. The largest absolute Gasteiger partial charge is 0.370 e. The highest BCUT2D eigenvalue weighted by Gasteiger charge is 1.99. The lowest BCUT2D eigenvalue weighted by Crippen LogP contribution is -2.24. The molecule has 0 amide bonds. The summed E-state index contributed by atoms with van der Waals surface area (Å²) in [5.74, 6) is 0.427. The molecule has 4 heteroatoms. The number of anilines is 1. The Bertz CT molecular complexity index is 331. The molecular formula is C10H16N4. The van der Waals surface area contributed by atoms with E-state index in [2.05, 4.69) is 15.3 Å². The second-order valence-electron chi connectivity index (χ2n) is 3.42. The van der Waals surface area contributed by atoms with Crippen LogP contribution in [0.25, 0.3) is 0 Å². The molecule has 0 aliphatic heterocycles. The molecule has 4 nitrogen and oxygen atoms in total. The standard InChI is InChI=1S/C10H16N4/c1-7(2)13-10(11)14-9-6-12-5-4-8(9)3/h4-7H,1-3H3,(H3,11,13,14). The summed E-state index contributed by atoms with van der Waals surface area (Å²) in [6, 6.07) is 2.12. The molecule has 0 saturated carbocycles. The van der Waals surface area contributed by atoms with Gasteiger partial charge in [-0.15, -0.1) is 0 Å². The topological polar surface area (TPSA) is 63.3 Å². The molecule has 0 radical (unpaired) electrons. The van der Waals surface area contributed by atoms with Crippen molar-refractivity contribution in [3.05, 3.63) is 24.0 Å². The smallest absolute Gasteiger partial charge is 0.193 e. The molecule has 0 aliphatic rings. The van der Waals surface area contributed by atoms with Crippen LogP contribution in [0.5, 0.6) is 0 Å². The fourth-order valence-corrected chi connectivity index (χ4v) is 1.04. The number of aromatic nitrogens is 1. The van der Waals surface area contributed by atoms with Gasteiger partial charge in [0, 0.05) is 12.2 Å². The summed E-state index contributed by atoms with van der Waals surface area (Å²) >= 11 is 0. The Morgan fingerprint density at radius 2 is 2.29 bits per heavy atom. The predicted molar refractivity (Wildman–Crippen MR) is 59.4 cm³/mol. The average Bonchev–Trinajstić information content (AvgIpc) is 2.07. The summed E-state index contributed by atoms with van der Waals surface area (Å²) in [5.41, 5.74) is 7.68. The third kappa shape index (κ3) is 3.05. The van der Waals surface area contributed by atoms with Gasteiger partial charge < -0.3 is 11.1 Å². The van der Waals surface area contributed by atoms with Crippen LogP contribution in [0.15, 0.2) is 23.5 Å². The zero-order valence-electron chi connectivity index (χ0n) is 8.78. The normalized spacial score (nSPS) is 11.9. The first-order valence-electron chi connectivity index (χ1n) is 4.60. The zero-order chi connectivity index (χ0) is 10.6. The lowest BCUT2D eigenvalue weighted by Gasteiger charge is -2.08. The molecule has 0 atom stereocenters. The SMILES string of the molecule is Cc1ccncc1NC(N)=NC(C)C. The van der Waals surface area contributed by atoms with Crippen LogP contribution in [0.1, 0.15) is 19.4 Å². The third-order valence-corrected chi connectivity index (χ3v) is 1.70. The van der Waals surface area contributed by atoms with Crippen LogP contribution >= 0.6 is 0 Å². The van der Waals surface area contributed by atoms with Gasteiger partial charge in [-0.1, -0.05) is 0 Å². The van der Waals surface area contributed by atoms with Crippen molar-refractivity contribution in [2.45, 2.75) is 26.8 Å². The summed E-state index contributed by atoms with van der Waals surface area (Å²) in [4.78, 5) is 8.17. The number of rotatable bonds is 2. The van der Waals surface area contributed by atoms with Gasteiger partial charge in [-0.3, -0.25) is 9.98 Å². The van der Waals surface area contributed by atoms with Crippen molar-refractivity contribution in [3.63, 3.8) is 0 Å². The van der Waals surface area contributed by atoms with E-state index in [1.54, 1.807) is 12.4 Å². The number of nitrogens with one attached hydrogen (secondary N) is 1. The number of hydrogen-bond donors (Lipinski definition) is 2. The van der Waals surface area contributed by atoms with Crippen molar-refractivity contribution in [2.24, 2.45) is 10.7 Å². The second kappa shape index (κ2) is 4.60. The Morgan fingerprint density at radius 1 is 1.57 bits per heavy atom. The molecule has 3 N–H and O–H groups in total. The van der Waals surface area contributed by atoms with Crippen molar-refractivity contribution < 1.29 is 0 Å². The molecule has 1 rings (SSSR count). The van der Waals surface area contributed by atoms with Crippen molar-refractivity contribution in [1.29, 1.82) is 0 Å². The third-order valence-electron chi connectivity index (χ3n) is 1.70. The molecule has 14 heavy (non-hydrogen) atoms. The van der Waals surface area contributed by atoms with Gasteiger partial charge >= 0.3 is 0 Å².